The van der Waals surface area contributed by atoms with Crippen LogP contribution in [0.15, 0.2) is 97.1 Å². The van der Waals surface area contributed by atoms with Crippen molar-refractivity contribution in [2.75, 3.05) is 0 Å². The predicted molar refractivity (Wildman–Crippen MR) is 174 cm³/mol. The third kappa shape index (κ3) is 6.70. The normalized spacial score (nSPS) is 12.3. The molecule has 2 nitrogen and oxygen atoms in total. The topological polar surface area (TPSA) is 18.5 Å². The van der Waals surface area contributed by atoms with Crippen LogP contribution in [0.1, 0.15) is 103 Å². The first-order valence-corrected chi connectivity index (χ1v) is 15.3. The molecule has 216 valence electrons. The van der Waals surface area contributed by atoms with Gasteiger partial charge in [0.15, 0.2) is 0 Å². The molecule has 4 aromatic rings. The van der Waals surface area contributed by atoms with Crippen LogP contribution in [0.3, 0.4) is 0 Å². The molecule has 0 N–H and O–H groups in total. The van der Waals surface area contributed by atoms with Gasteiger partial charge < -0.3 is 9.47 Å². The van der Waals surface area contributed by atoms with Crippen LogP contribution < -0.4 is 9.47 Å². The zero-order valence-corrected chi connectivity index (χ0v) is 26.4. The summed E-state index contributed by atoms with van der Waals surface area (Å²) < 4.78 is 12.4. The molecule has 0 aliphatic carbocycles. The van der Waals surface area contributed by atoms with Crippen molar-refractivity contribution in [2.45, 2.75) is 97.3 Å². The number of hydrogen-bond acceptors (Lipinski definition) is 2. The fourth-order valence-corrected chi connectivity index (χ4v) is 5.49. The summed E-state index contributed by atoms with van der Waals surface area (Å²) in [4.78, 5) is 0. The zero-order chi connectivity index (χ0) is 29.7. The highest BCUT2D eigenvalue weighted by Crippen LogP contribution is 2.37. The smallest absolute Gasteiger partial charge is 0.127 e. The van der Waals surface area contributed by atoms with Crippen molar-refractivity contribution in [1.82, 2.24) is 0 Å². The van der Waals surface area contributed by atoms with Gasteiger partial charge in [-0.25, -0.2) is 0 Å². The van der Waals surface area contributed by atoms with Crippen molar-refractivity contribution in [1.29, 1.82) is 0 Å². The number of hydrogen-bond donors (Lipinski definition) is 0. The van der Waals surface area contributed by atoms with Gasteiger partial charge in [-0.1, -0.05) is 104 Å². The molecule has 0 bridgehead atoms. The lowest BCUT2D eigenvalue weighted by Gasteiger charge is -2.27. The highest BCUT2D eigenvalue weighted by molar-refractivity contribution is 5.44. The van der Waals surface area contributed by atoms with Crippen LogP contribution in [-0.4, -0.2) is 0 Å². The van der Waals surface area contributed by atoms with Crippen LogP contribution in [0.5, 0.6) is 23.0 Å². The van der Waals surface area contributed by atoms with Crippen molar-refractivity contribution < 1.29 is 9.47 Å². The minimum atomic E-state index is -0.157. The Morgan fingerprint density at radius 3 is 0.805 bits per heavy atom. The van der Waals surface area contributed by atoms with Crippen LogP contribution in [-0.2, 0) is 16.2 Å². The molecule has 0 radical (unpaired) electrons. The Hall–Kier alpha value is -3.52. The van der Waals surface area contributed by atoms with Gasteiger partial charge in [0, 0.05) is 5.41 Å². The lowest BCUT2D eigenvalue weighted by Crippen LogP contribution is -2.19. The third-order valence-electron chi connectivity index (χ3n) is 9.85. The van der Waals surface area contributed by atoms with E-state index in [1.54, 1.807) is 0 Å². The van der Waals surface area contributed by atoms with E-state index in [2.05, 4.69) is 152 Å². The van der Waals surface area contributed by atoms with Gasteiger partial charge in [-0.05, 0) is 107 Å². The van der Waals surface area contributed by atoms with Gasteiger partial charge in [0.05, 0.1) is 0 Å². The van der Waals surface area contributed by atoms with Gasteiger partial charge >= 0.3 is 0 Å². The maximum atomic E-state index is 6.18. The molecular formula is C39H48O2. The molecule has 2 heteroatoms. The molecule has 0 spiro atoms. The van der Waals surface area contributed by atoms with E-state index in [9.17, 15) is 0 Å². The van der Waals surface area contributed by atoms with E-state index < -0.39 is 0 Å². The molecule has 0 heterocycles. The Morgan fingerprint density at radius 1 is 0.366 bits per heavy atom. The molecule has 0 amide bonds. The van der Waals surface area contributed by atoms with E-state index in [4.69, 9.17) is 9.47 Å². The fraction of sp³-hybridized carbons (Fsp3) is 0.385. The van der Waals surface area contributed by atoms with Crippen molar-refractivity contribution in [3.05, 3.63) is 119 Å². The zero-order valence-electron chi connectivity index (χ0n) is 26.4. The van der Waals surface area contributed by atoms with Crippen LogP contribution in [0.2, 0.25) is 0 Å². The van der Waals surface area contributed by atoms with Crippen LogP contribution in [0.25, 0.3) is 0 Å². The first-order valence-electron chi connectivity index (χ1n) is 15.3. The fourth-order valence-electron chi connectivity index (χ4n) is 5.49. The average molecular weight is 549 g/mol. The third-order valence-corrected chi connectivity index (χ3v) is 9.85. The Balaban J connectivity index is 1.41. The summed E-state index contributed by atoms with van der Waals surface area (Å²) in [7, 11) is 0. The summed E-state index contributed by atoms with van der Waals surface area (Å²) in [5, 5.41) is 0. The first kappa shape index (κ1) is 30.4. The number of rotatable bonds is 12. The van der Waals surface area contributed by atoms with Gasteiger partial charge in [0.1, 0.15) is 23.0 Å². The molecule has 0 aromatic heterocycles. The summed E-state index contributed by atoms with van der Waals surface area (Å²) >= 11 is 0. The largest absolute Gasteiger partial charge is 0.457 e. The van der Waals surface area contributed by atoms with Gasteiger partial charge in [-0.15, -0.1) is 0 Å². The summed E-state index contributed by atoms with van der Waals surface area (Å²) in [6.45, 7) is 18.2. The lowest BCUT2D eigenvalue weighted by atomic mass is 9.78. The molecule has 0 aliphatic heterocycles. The molecule has 0 fully saturated rings. The molecule has 0 saturated heterocycles. The van der Waals surface area contributed by atoms with Crippen molar-refractivity contribution in [2.24, 2.45) is 0 Å². The molecule has 4 aromatic carbocycles. The monoisotopic (exact) mass is 548 g/mol. The molecule has 41 heavy (non-hydrogen) atoms. The van der Waals surface area contributed by atoms with E-state index in [0.29, 0.717) is 0 Å². The van der Waals surface area contributed by atoms with Crippen LogP contribution >= 0.6 is 0 Å². The second-order valence-electron chi connectivity index (χ2n) is 12.5. The molecule has 0 saturated carbocycles. The highest BCUT2D eigenvalue weighted by Gasteiger charge is 2.25. The van der Waals surface area contributed by atoms with Crippen molar-refractivity contribution >= 4 is 0 Å². The van der Waals surface area contributed by atoms with E-state index >= 15 is 0 Å². The number of ether oxygens (including phenoxy) is 2. The minimum absolute atomic E-state index is 0.157. The van der Waals surface area contributed by atoms with Gasteiger partial charge in [-0.3, -0.25) is 0 Å². The van der Waals surface area contributed by atoms with E-state index in [0.717, 1.165) is 48.7 Å². The van der Waals surface area contributed by atoms with Crippen LogP contribution in [0, 0.1) is 0 Å². The minimum Gasteiger partial charge on any atom is -0.457 e. The predicted octanol–water partition coefficient (Wildman–Crippen LogP) is 11.8. The molecule has 4 rings (SSSR count). The van der Waals surface area contributed by atoms with Gasteiger partial charge in [0.25, 0.3) is 0 Å². The van der Waals surface area contributed by atoms with Crippen molar-refractivity contribution in [3.63, 3.8) is 0 Å². The Bertz CT molecular complexity index is 1260. The maximum Gasteiger partial charge on any atom is 0.127 e. The second-order valence-corrected chi connectivity index (χ2v) is 12.5. The number of benzene rings is 4. The standard InChI is InChI=1S/C39H48O2/c1-9-38(7,10-2)31-17-25-35(26-18-31)40-33-21-13-29(14-22-33)37(5,6)30-15-23-34(24-16-30)41-36-27-19-32(20-28-36)39(8,11-3)12-4/h13-28H,9-12H2,1-8H3. The Labute approximate surface area is 248 Å². The first-order chi connectivity index (χ1) is 19.6. The second kappa shape index (κ2) is 12.6. The van der Waals surface area contributed by atoms with Crippen molar-refractivity contribution in [3.8, 4) is 23.0 Å². The summed E-state index contributed by atoms with van der Waals surface area (Å²) in [5.41, 5.74) is 5.48. The highest BCUT2D eigenvalue weighted by atomic mass is 16.5. The van der Waals surface area contributed by atoms with E-state index in [-0.39, 0.29) is 16.2 Å². The van der Waals surface area contributed by atoms with E-state index in [1.807, 2.05) is 0 Å². The Morgan fingerprint density at radius 2 is 0.585 bits per heavy atom. The Kier molecular flexibility index (Phi) is 9.32. The van der Waals surface area contributed by atoms with E-state index in [1.165, 1.54) is 22.3 Å². The molecule has 0 aliphatic rings. The van der Waals surface area contributed by atoms with Crippen LogP contribution in [0.4, 0.5) is 0 Å². The summed E-state index contributed by atoms with van der Waals surface area (Å²) in [6, 6.07) is 34.1. The average Bonchev–Trinajstić information content (AvgIpc) is 3.01. The summed E-state index contributed by atoms with van der Waals surface area (Å²) in [6.07, 6.45) is 4.51. The lowest BCUT2D eigenvalue weighted by molar-refractivity contribution is 0.436. The summed E-state index contributed by atoms with van der Waals surface area (Å²) in [5.74, 6) is 3.42. The SMILES string of the molecule is CCC(C)(CC)c1ccc(Oc2ccc(C(C)(C)c3ccc(Oc4ccc(C(C)(CC)CC)cc4)cc3)cc2)cc1. The van der Waals surface area contributed by atoms with Gasteiger partial charge in [0.2, 0.25) is 0 Å². The molecule has 0 unspecified atom stereocenters. The molecule has 0 atom stereocenters. The molecular weight excluding hydrogens is 500 g/mol. The quantitative estimate of drug-likeness (QED) is 0.175. The van der Waals surface area contributed by atoms with Gasteiger partial charge in [-0.2, -0.15) is 0 Å². The maximum absolute atomic E-state index is 6.18.